The molecule has 0 spiro atoms. The summed E-state index contributed by atoms with van der Waals surface area (Å²) in [6.45, 7) is 1.84. The summed E-state index contributed by atoms with van der Waals surface area (Å²) in [5.41, 5.74) is 1.88. The van der Waals surface area contributed by atoms with Crippen LogP contribution in [0.5, 0.6) is 5.75 Å². The van der Waals surface area contributed by atoms with Gasteiger partial charge in [0, 0.05) is 7.05 Å². The standard InChI is InChI=1S/C19H19FN2O3/c1-3-14(12-7-9-13(20)10-8-12)19(24)21-15-5-4-6-16-18(15)25-11-17(23)22(16)2/h4-10,14H,3,11H2,1-2H3,(H,21,24). The van der Waals surface area contributed by atoms with Crippen molar-refractivity contribution in [2.75, 3.05) is 23.9 Å². The second-order valence-corrected chi connectivity index (χ2v) is 5.90. The number of rotatable bonds is 4. The average molecular weight is 342 g/mol. The van der Waals surface area contributed by atoms with Gasteiger partial charge in [-0.2, -0.15) is 0 Å². The summed E-state index contributed by atoms with van der Waals surface area (Å²) < 4.78 is 18.6. The van der Waals surface area contributed by atoms with Gasteiger partial charge in [0.2, 0.25) is 5.91 Å². The van der Waals surface area contributed by atoms with Crippen LogP contribution in [-0.2, 0) is 9.59 Å². The van der Waals surface area contributed by atoms with Crippen molar-refractivity contribution < 1.29 is 18.7 Å². The minimum atomic E-state index is -0.403. The molecule has 0 saturated heterocycles. The van der Waals surface area contributed by atoms with Gasteiger partial charge in [0.25, 0.3) is 5.91 Å². The number of benzene rings is 2. The number of carbonyl (C=O) groups excluding carboxylic acids is 2. The molecule has 0 fully saturated rings. The number of amides is 2. The largest absolute Gasteiger partial charge is 0.479 e. The number of anilines is 2. The Kier molecular flexibility index (Phi) is 4.70. The van der Waals surface area contributed by atoms with E-state index in [4.69, 9.17) is 4.74 Å². The fourth-order valence-corrected chi connectivity index (χ4v) is 2.89. The molecule has 1 aliphatic heterocycles. The molecule has 2 amide bonds. The monoisotopic (exact) mass is 342 g/mol. The Morgan fingerprint density at radius 2 is 2.00 bits per heavy atom. The van der Waals surface area contributed by atoms with Crippen LogP contribution in [0.1, 0.15) is 24.8 Å². The highest BCUT2D eigenvalue weighted by Gasteiger charge is 2.26. The van der Waals surface area contributed by atoms with Gasteiger partial charge in [-0.25, -0.2) is 4.39 Å². The van der Waals surface area contributed by atoms with E-state index in [1.807, 2.05) is 6.92 Å². The number of likely N-dealkylation sites (N-methyl/N-ethyl adjacent to an activating group) is 1. The first-order valence-corrected chi connectivity index (χ1v) is 8.10. The van der Waals surface area contributed by atoms with Gasteiger partial charge in [0.15, 0.2) is 12.4 Å². The minimum Gasteiger partial charge on any atom is -0.479 e. The molecule has 1 aliphatic rings. The summed E-state index contributed by atoms with van der Waals surface area (Å²) in [7, 11) is 1.67. The SMILES string of the molecule is CCC(C(=O)Nc1cccc2c1OCC(=O)N2C)c1ccc(F)cc1. The molecular weight excluding hydrogens is 323 g/mol. The Balaban J connectivity index is 1.85. The molecule has 25 heavy (non-hydrogen) atoms. The fourth-order valence-electron chi connectivity index (χ4n) is 2.89. The maximum absolute atomic E-state index is 13.1. The van der Waals surface area contributed by atoms with Crippen LogP contribution in [0.25, 0.3) is 0 Å². The second kappa shape index (κ2) is 6.93. The maximum Gasteiger partial charge on any atom is 0.264 e. The van der Waals surface area contributed by atoms with Gasteiger partial charge in [0.05, 0.1) is 17.3 Å². The van der Waals surface area contributed by atoms with Crippen molar-refractivity contribution in [1.29, 1.82) is 0 Å². The summed E-state index contributed by atoms with van der Waals surface area (Å²) in [6.07, 6.45) is 0.575. The number of nitrogens with zero attached hydrogens (tertiary/aromatic N) is 1. The lowest BCUT2D eigenvalue weighted by Crippen LogP contribution is -2.36. The predicted octanol–water partition coefficient (Wildman–Crippen LogP) is 3.31. The Morgan fingerprint density at radius 3 is 2.68 bits per heavy atom. The van der Waals surface area contributed by atoms with Crippen molar-refractivity contribution >= 4 is 23.2 Å². The molecule has 2 aromatic rings. The van der Waals surface area contributed by atoms with Gasteiger partial charge in [-0.3, -0.25) is 9.59 Å². The van der Waals surface area contributed by atoms with E-state index in [1.54, 1.807) is 37.4 Å². The molecule has 0 saturated carbocycles. The lowest BCUT2D eigenvalue weighted by atomic mass is 9.95. The van der Waals surface area contributed by atoms with E-state index in [1.165, 1.54) is 17.0 Å². The number of ether oxygens (including phenoxy) is 1. The van der Waals surface area contributed by atoms with Gasteiger partial charge in [-0.15, -0.1) is 0 Å². The average Bonchev–Trinajstić information content (AvgIpc) is 2.61. The molecule has 0 aliphatic carbocycles. The molecular formula is C19H19FN2O3. The van der Waals surface area contributed by atoms with Crippen LogP contribution in [0.15, 0.2) is 42.5 Å². The highest BCUT2D eigenvalue weighted by molar-refractivity contribution is 6.02. The molecule has 1 unspecified atom stereocenters. The summed E-state index contributed by atoms with van der Waals surface area (Å²) in [5, 5.41) is 2.87. The Bertz CT molecular complexity index is 805. The third-order valence-corrected chi connectivity index (χ3v) is 4.32. The summed E-state index contributed by atoms with van der Waals surface area (Å²) >= 11 is 0. The maximum atomic E-state index is 13.1. The van der Waals surface area contributed by atoms with Gasteiger partial charge in [-0.05, 0) is 36.2 Å². The Hall–Kier alpha value is -2.89. The number of para-hydroxylation sites is 1. The number of hydrogen-bond acceptors (Lipinski definition) is 3. The summed E-state index contributed by atoms with van der Waals surface area (Å²) in [4.78, 5) is 26.0. The van der Waals surface area contributed by atoms with E-state index < -0.39 is 5.92 Å². The Labute approximate surface area is 145 Å². The molecule has 3 rings (SSSR count). The molecule has 6 heteroatoms. The van der Waals surface area contributed by atoms with Crippen molar-refractivity contribution in [2.24, 2.45) is 0 Å². The quantitative estimate of drug-likeness (QED) is 0.927. The number of nitrogens with one attached hydrogen (secondary N) is 1. The lowest BCUT2D eigenvalue weighted by molar-refractivity contribution is -0.121. The lowest BCUT2D eigenvalue weighted by Gasteiger charge is -2.28. The first-order valence-electron chi connectivity index (χ1n) is 8.10. The van der Waals surface area contributed by atoms with Gasteiger partial charge in [0.1, 0.15) is 5.82 Å². The van der Waals surface area contributed by atoms with Crippen LogP contribution in [-0.4, -0.2) is 25.5 Å². The van der Waals surface area contributed by atoms with Crippen molar-refractivity contribution in [1.82, 2.24) is 0 Å². The van der Waals surface area contributed by atoms with E-state index in [0.29, 0.717) is 23.5 Å². The van der Waals surface area contributed by atoms with E-state index in [9.17, 15) is 14.0 Å². The highest BCUT2D eigenvalue weighted by Crippen LogP contribution is 2.38. The molecule has 0 aromatic heterocycles. The topological polar surface area (TPSA) is 58.6 Å². The molecule has 130 valence electrons. The van der Waals surface area contributed by atoms with Gasteiger partial charge >= 0.3 is 0 Å². The van der Waals surface area contributed by atoms with Crippen LogP contribution < -0.4 is 15.0 Å². The molecule has 0 bridgehead atoms. The number of carbonyl (C=O) groups is 2. The smallest absolute Gasteiger partial charge is 0.264 e. The first-order chi connectivity index (χ1) is 12.0. The third-order valence-electron chi connectivity index (χ3n) is 4.32. The summed E-state index contributed by atoms with van der Waals surface area (Å²) in [6, 6.07) is 11.2. The van der Waals surface area contributed by atoms with Crippen LogP contribution in [0.4, 0.5) is 15.8 Å². The number of hydrogen-bond donors (Lipinski definition) is 1. The zero-order valence-electron chi connectivity index (χ0n) is 14.1. The molecule has 1 heterocycles. The molecule has 2 aromatic carbocycles. The van der Waals surface area contributed by atoms with Crippen LogP contribution in [0.3, 0.4) is 0 Å². The van der Waals surface area contributed by atoms with Crippen molar-refractivity contribution in [3.8, 4) is 5.75 Å². The molecule has 0 radical (unpaired) electrons. The summed E-state index contributed by atoms with van der Waals surface area (Å²) in [5.74, 6) is -0.608. The first kappa shape index (κ1) is 17.0. The van der Waals surface area contributed by atoms with Crippen LogP contribution >= 0.6 is 0 Å². The van der Waals surface area contributed by atoms with Crippen molar-refractivity contribution in [3.63, 3.8) is 0 Å². The van der Waals surface area contributed by atoms with Crippen molar-refractivity contribution in [3.05, 3.63) is 53.8 Å². The predicted molar refractivity (Wildman–Crippen MR) is 93.4 cm³/mol. The highest BCUT2D eigenvalue weighted by atomic mass is 19.1. The Morgan fingerprint density at radius 1 is 1.28 bits per heavy atom. The molecule has 5 nitrogen and oxygen atoms in total. The zero-order valence-corrected chi connectivity index (χ0v) is 14.1. The van der Waals surface area contributed by atoms with E-state index in [0.717, 1.165) is 5.56 Å². The number of halogens is 1. The van der Waals surface area contributed by atoms with E-state index >= 15 is 0 Å². The zero-order chi connectivity index (χ0) is 18.0. The van der Waals surface area contributed by atoms with Crippen LogP contribution in [0, 0.1) is 5.82 Å². The number of fused-ring (bicyclic) bond motifs is 1. The normalized spacial score (nSPS) is 14.5. The fraction of sp³-hybridized carbons (Fsp3) is 0.263. The van der Waals surface area contributed by atoms with Crippen molar-refractivity contribution in [2.45, 2.75) is 19.3 Å². The van der Waals surface area contributed by atoms with Gasteiger partial charge < -0.3 is 15.0 Å². The molecule has 1 N–H and O–H groups in total. The van der Waals surface area contributed by atoms with E-state index in [-0.39, 0.29) is 24.2 Å². The third kappa shape index (κ3) is 3.33. The van der Waals surface area contributed by atoms with Gasteiger partial charge in [-0.1, -0.05) is 25.1 Å². The second-order valence-electron chi connectivity index (χ2n) is 5.90. The minimum absolute atomic E-state index is 0.0639. The molecule has 1 atom stereocenters. The van der Waals surface area contributed by atoms with E-state index in [2.05, 4.69) is 5.32 Å². The van der Waals surface area contributed by atoms with Crippen LogP contribution in [0.2, 0.25) is 0 Å².